The molecule has 1 aromatic heterocycles. The third-order valence-electron chi connectivity index (χ3n) is 3.78. The fourth-order valence-electron chi connectivity index (χ4n) is 2.53. The molecule has 1 aliphatic rings. The first kappa shape index (κ1) is 14.9. The summed E-state index contributed by atoms with van der Waals surface area (Å²) in [5.74, 6) is 0.0687. The van der Waals surface area contributed by atoms with Crippen molar-refractivity contribution in [2.24, 2.45) is 0 Å². The molecule has 1 aliphatic heterocycles. The van der Waals surface area contributed by atoms with Crippen molar-refractivity contribution in [3.05, 3.63) is 57.7 Å². The molecule has 0 atom stereocenters. The molecule has 116 valence electrons. The van der Waals surface area contributed by atoms with Crippen molar-refractivity contribution in [3.8, 4) is 5.19 Å². The molecule has 4 rings (SSSR count). The van der Waals surface area contributed by atoms with Crippen LogP contribution in [-0.2, 0) is 0 Å². The third-order valence-corrected chi connectivity index (χ3v) is 5.65. The average molecular weight is 436 g/mol. The van der Waals surface area contributed by atoms with Crippen LogP contribution in [0.1, 0.15) is 10.4 Å². The number of likely N-dealkylation sites (tertiary alicyclic amines) is 1. The Morgan fingerprint density at radius 3 is 2.70 bits per heavy atom. The highest BCUT2D eigenvalue weighted by Crippen LogP contribution is 2.29. The lowest BCUT2D eigenvalue weighted by atomic mass is 10.1. The van der Waals surface area contributed by atoms with Crippen molar-refractivity contribution >= 4 is 50.1 Å². The van der Waals surface area contributed by atoms with Crippen LogP contribution in [0.15, 0.2) is 48.5 Å². The second-order valence-electron chi connectivity index (χ2n) is 5.38. The molecule has 0 radical (unpaired) electrons. The molecule has 2 heterocycles. The Kier molecular flexibility index (Phi) is 3.94. The maximum Gasteiger partial charge on any atom is 0.274 e. The molecule has 3 aromatic rings. The molecule has 1 saturated heterocycles. The minimum atomic E-state index is 0.0286. The lowest BCUT2D eigenvalue weighted by Gasteiger charge is -2.38. The Bertz CT molecular complexity index is 841. The van der Waals surface area contributed by atoms with Crippen LogP contribution in [0.2, 0.25) is 0 Å². The minimum absolute atomic E-state index is 0.0286. The molecular formula is C17H13IN2O2S. The SMILES string of the molecule is O=C(c1ccccc1I)N1CC(Oc2nc3ccccc3s2)C1. The summed E-state index contributed by atoms with van der Waals surface area (Å²) in [6.45, 7) is 1.22. The average Bonchev–Trinajstić information content (AvgIpc) is 2.93. The molecule has 0 aliphatic carbocycles. The van der Waals surface area contributed by atoms with Crippen LogP contribution in [0, 0.1) is 3.57 Å². The number of aromatic nitrogens is 1. The molecule has 23 heavy (non-hydrogen) atoms. The van der Waals surface area contributed by atoms with Crippen LogP contribution in [0.25, 0.3) is 10.2 Å². The molecule has 4 nitrogen and oxygen atoms in total. The summed E-state index contributed by atoms with van der Waals surface area (Å²) < 4.78 is 7.99. The van der Waals surface area contributed by atoms with E-state index in [0.29, 0.717) is 18.3 Å². The Morgan fingerprint density at radius 2 is 1.91 bits per heavy atom. The van der Waals surface area contributed by atoms with Crippen molar-refractivity contribution in [1.29, 1.82) is 0 Å². The summed E-state index contributed by atoms with van der Waals surface area (Å²) in [4.78, 5) is 18.7. The number of halogens is 1. The van der Waals surface area contributed by atoms with Gasteiger partial charge < -0.3 is 9.64 Å². The Morgan fingerprint density at radius 1 is 1.17 bits per heavy atom. The van der Waals surface area contributed by atoms with Gasteiger partial charge in [0.2, 0.25) is 0 Å². The molecule has 2 aromatic carbocycles. The number of thiazole rings is 1. The zero-order valence-corrected chi connectivity index (χ0v) is 15.1. The van der Waals surface area contributed by atoms with Crippen LogP contribution in [0.4, 0.5) is 0 Å². The van der Waals surface area contributed by atoms with E-state index in [2.05, 4.69) is 27.6 Å². The van der Waals surface area contributed by atoms with E-state index >= 15 is 0 Å². The Hall–Kier alpha value is -1.67. The number of hydrogen-bond donors (Lipinski definition) is 0. The molecule has 1 amide bonds. The molecular weight excluding hydrogens is 423 g/mol. The normalized spacial score (nSPS) is 14.7. The molecule has 0 spiro atoms. The van der Waals surface area contributed by atoms with E-state index in [1.807, 2.05) is 53.4 Å². The third kappa shape index (κ3) is 2.92. The van der Waals surface area contributed by atoms with E-state index in [1.54, 1.807) is 11.3 Å². The first-order valence-corrected chi connectivity index (χ1v) is 9.16. The van der Waals surface area contributed by atoms with Gasteiger partial charge in [-0.25, -0.2) is 4.98 Å². The van der Waals surface area contributed by atoms with Gasteiger partial charge in [0.25, 0.3) is 11.1 Å². The van der Waals surface area contributed by atoms with E-state index in [-0.39, 0.29) is 12.0 Å². The minimum Gasteiger partial charge on any atom is -0.463 e. The van der Waals surface area contributed by atoms with E-state index in [9.17, 15) is 4.79 Å². The maximum absolute atomic E-state index is 12.4. The van der Waals surface area contributed by atoms with Gasteiger partial charge in [0.1, 0.15) is 6.10 Å². The second kappa shape index (κ2) is 6.09. The van der Waals surface area contributed by atoms with E-state index in [4.69, 9.17) is 4.74 Å². The number of para-hydroxylation sites is 1. The summed E-state index contributed by atoms with van der Waals surface area (Å²) >= 11 is 3.74. The van der Waals surface area contributed by atoms with Gasteiger partial charge in [-0.15, -0.1) is 0 Å². The fraction of sp³-hybridized carbons (Fsp3) is 0.176. The number of hydrogen-bond acceptors (Lipinski definition) is 4. The summed E-state index contributed by atoms with van der Waals surface area (Å²) in [6, 6.07) is 15.6. The Balaban J connectivity index is 1.40. The van der Waals surface area contributed by atoms with Gasteiger partial charge in [-0.05, 0) is 46.9 Å². The summed E-state index contributed by atoms with van der Waals surface area (Å²) in [6.07, 6.45) is 0.0286. The number of rotatable bonds is 3. The predicted molar refractivity (Wildman–Crippen MR) is 99.1 cm³/mol. The molecule has 0 N–H and O–H groups in total. The monoisotopic (exact) mass is 436 g/mol. The van der Waals surface area contributed by atoms with Crippen LogP contribution < -0.4 is 4.74 Å². The topological polar surface area (TPSA) is 42.4 Å². The highest BCUT2D eigenvalue weighted by molar-refractivity contribution is 14.1. The number of carbonyl (C=O) groups excluding carboxylic acids is 1. The van der Waals surface area contributed by atoms with Gasteiger partial charge in [-0.3, -0.25) is 4.79 Å². The number of nitrogens with zero attached hydrogens (tertiary/aromatic N) is 2. The summed E-state index contributed by atoms with van der Waals surface area (Å²) in [5.41, 5.74) is 1.71. The van der Waals surface area contributed by atoms with Gasteiger partial charge >= 0.3 is 0 Å². The molecule has 6 heteroatoms. The van der Waals surface area contributed by atoms with Gasteiger partial charge in [-0.1, -0.05) is 35.6 Å². The number of carbonyl (C=O) groups is 1. The molecule has 1 fully saturated rings. The highest BCUT2D eigenvalue weighted by atomic mass is 127. The standard InChI is InChI=1S/C17H13IN2O2S/c18-13-6-2-1-5-12(13)16(21)20-9-11(10-20)22-17-19-14-7-3-4-8-15(14)23-17/h1-8,11H,9-10H2. The van der Waals surface area contributed by atoms with Crippen LogP contribution in [0.3, 0.4) is 0 Å². The van der Waals surface area contributed by atoms with Gasteiger partial charge in [0.05, 0.1) is 28.9 Å². The summed E-state index contributed by atoms with van der Waals surface area (Å²) in [5, 5.41) is 0.678. The van der Waals surface area contributed by atoms with Crippen molar-refractivity contribution in [3.63, 3.8) is 0 Å². The lowest BCUT2D eigenvalue weighted by Crippen LogP contribution is -2.56. The molecule has 0 unspecified atom stereocenters. The number of ether oxygens (including phenoxy) is 1. The lowest BCUT2D eigenvalue weighted by molar-refractivity contribution is 0.0177. The fourth-order valence-corrected chi connectivity index (χ4v) is 4.03. The smallest absolute Gasteiger partial charge is 0.274 e. The maximum atomic E-state index is 12.4. The van der Waals surface area contributed by atoms with Crippen LogP contribution in [0.5, 0.6) is 5.19 Å². The highest BCUT2D eigenvalue weighted by Gasteiger charge is 2.34. The van der Waals surface area contributed by atoms with Crippen molar-refractivity contribution in [2.45, 2.75) is 6.10 Å². The predicted octanol–water partition coefficient (Wildman–Crippen LogP) is 3.80. The van der Waals surface area contributed by atoms with Gasteiger partial charge in [0, 0.05) is 3.57 Å². The molecule has 0 saturated carbocycles. The first-order chi connectivity index (χ1) is 11.2. The van der Waals surface area contributed by atoms with E-state index < -0.39 is 0 Å². The van der Waals surface area contributed by atoms with Crippen molar-refractivity contribution in [2.75, 3.05) is 13.1 Å². The Labute approximate surface area is 151 Å². The summed E-state index contributed by atoms with van der Waals surface area (Å²) in [7, 11) is 0. The van der Waals surface area contributed by atoms with Gasteiger partial charge in [0.15, 0.2) is 0 Å². The van der Waals surface area contributed by atoms with E-state index in [1.165, 1.54) is 0 Å². The van der Waals surface area contributed by atoms with Crippen molar-refractivity contribution in [1.82, 2.24) is 9.88 Å². The zero-order chi connectivity index (χ0) is 15.8. The number of amides is 1. The zero-order valence-electron chi connectivity index (χ0n) is 12.1. The number of benzene rings is 2. The van der Waals surface area contributed by atoms with Crippen LogP contribution >= 0.6 is 33.9 Å². The van der Waals surface area contributed by atoms with Crippen LogP contribution in [-0.4, -0.2) is 35.0 Å². The van der Waals surface area contributed by atoms with E-state index in [0.717, 1.165) is 19.4 Å². The molecule has 0 bridgehead atoms. The first-order valence-electron chi connectivity index (χ1n) is 7.27. The largest absolute Gasteiger partial charge is 0.463 e. The van der Waals surface area contributed by atoms with Crippen molar-refractivity contribution < 1.29 is 9.53 Å². The number of fused-ring (bicyclic) bond motifs is 1. The quantitative estimate of drug-likeness (QED) is 0.587. The van der Waals surface area contributed by atoms with Gasteiger partial charge in [-0.2, -0.15) is 0 Å². The second-order valence-corrected chi connectivity index (χ2v) is 7.53.